The quantitative estimate of drug-likeness (QED) is 0.380. The van der Waals surface area contributed by atoms with Crippen LogP contribution in [-0.4, -0.2) is 38.7 Å². The highest BCUT2D eigenvalue weighted by atomic mass is 16.7. The molecule has 176 valence electrons. The summed E-state index contributed by atoms with van der Waals surface area (Å²) in [6.07, 6.45) is -0.797. The number of carbonyl (C=O) groups is 3. The molecule has 8 heteroatoms. The highest BCUT2D eigenvalue weighted by Gasteiger charge is 2.10. The molecule has 34 heavy (non-hydrogen) atoms. The molecule has 0 radical (unpaired) electrons. The van der Waals surface area contributed by atoms with Gasteiger partial charge in [-0.25, -0.2) is 4.79 Å². The summed E-state index contributed by atoms with van der Waals surface area (Å²) >= 11 is 0. The zero-order valence-corrected chi connectivity index (χ0v) is 19.3. The Hall–Kier alpha value is -4.33. The minimum absolute atomic E-state index is 0.176. The van der Waals surface area contributed by atoms with Crippen LogP contribution in [0.3, 0.4) is 0 Å². The number of rotatable bonds is 8. The standard InChI is InChI=1S/C26H27N3O5/c1-4-33-26(32)34-23-14-10-20(11-15-23)25(31)28-21-7-5-6-18(16-21)17-27-24(30)19-8-12-22(13-9-19)29(2)3/h5-16H,4,17H2,1-3H3,(H,27,30)(H,28,31). The average Bonchev–Trinajstić information content (AvgIpc) is 2.83. The molecule has 3 aromatic rings. The molecule has 0 aliphatic carbocycles. The van der Waals surface area contributed by atoms with Crippen molar-refractivity contribution in [2.24, 2.45) is 0 Å². The number of hydrogen-bond donors (Lipinski definition) is 2. The van der Waals surface area contributed by atoms with Crippen LogP contribution in [0.4, 0.5) is 16.2 Å². The van der Waals surface area contributed by atoms with E-state index in [1.165, 1.54) is 12.1 Å². The Morgan fingerprint density at radius 1 is 0.853 bits per heavy atom. The Morgan fingerprint density at radius 3 is 2.15 bits per heavy atom. The van der Waals surface area contributed by atoms with Crippen molar-refractivity contribution in [3.8, 4) is 5.75 Å². The van der Waals surface area contributed by atoms with Crippen LogP contribution in [0.25, 0.3) is 0 Å². The number of amides is 2. The van der Waals surface area contributed by atoms with Gasteiger partial charge in [0.1, 0.15) is 5.75 Å². The first-order valence-corrected chi connectivity index (χ1v) is 10.8. The first-order chi connectivity index (χ1) is 16.4. The van der Waals surface area contributed by atoms with Gasteiger partial charge >= 0.3 is 6.16 Å². The van der Waals surface area contributed by atoms with Gasteiger partial charge in [-0.15, -0.1) is 0 Å². The third kappa shape index (κ3) is 6.83. The van der Waals surface area contributed by atoms with Gasteiger partial charge in [0.05, 0.1) is 6.61 Å². The van der Waals surface area contributed by atoms with Gasteiger partial charge in [-0.2, -0.15) is 0 Å². The number of carbonyl (C=O) groups excluding carboxylic acids is 3. The molecule has 2 amide bonds. The lowest BCUT2D eigenvalue weighted by Gasteiger charge is -2.13. The summed E-state index contributed by atoms with van der Waals surface area (Å²) in [5.74, 6) is -0.209. The second kappa shape index (κ2) is 11.5. The van der Waals surface area contributed by atoms with E-state index in [1.807, 2.05) is 37.2 Å². The lowest BCUT2D eigenvalue weighted by atomic mass is 10.1. The van der Waals surface area contributed by atoms with E-state index in [0.29, 0.717) is 23.4 Å². The molecule has 3 aromatic carbocycles. The molecule has 0 spiro atoms. The van der Waals surface area contributed by atoms with Crippen molar-refractivity contribution in [2.75, 3.05) is 30.9 Å². The lowest BCUT2D eigenvalue weighted by molar-refractivity contribution is 0.0949. The van der Waals surface area contributed by atoms with E-state index in [4.69, 9.17) is 9.47 Å². The van der Waals surface area contributed by atoms with Gasteiger partial charge in [0.2, 0.25) is 0 Å². The summed E-state index contributed by atoms with van der Waals surface area (Å²) in [7, 11) is 3.88. The molecule has 8 nitrogen and oxygen atoms in total. The van der Waals surface area contributed by atoms with Gasteiger partial charge in [0.15, 0.2) is 0 Å². The molecule has 2 N–H and O–H groups in total. The van der Waals surface area contributed by atoms with Crippen molar-refractivity contribution in [1.29, 1.82) is 0 Å². The second-order valence-corrected chi connectivity index (χ2v) is 7.59. The summed E-state index contributed by atoms with van der Waals surface area (Å²) in [6, 6.07) is 20.7. The third-order valence-electron chi connectivity index (χ3n) is 4.86. The lowest BCUT2D eigenvalue weighted by Crippen LogP contribution is -2.23. The molecule has 0 aromatic heterocycles. The van der Waals surface area contributed by atoms with Crippen LogP contribution in [0.15, 0.2) is 72.8 Å². The van der Waals surface area contributed by atoms with Crippen molar-refractivity contribution in [3.05, 3.63) is 89.5 Å². The summed E-state index contributed by atoms with van der Waals surface area (Å²) in [6.45, 7) is 2.21. The Morgan fingerprint density at radius 2 is 1.50 bits per heavy atom. The van der Waals surface area contributed by atoms with E-state index < -0.39 is 6.16 Å². The summed E-state index contributed by atoms with van der Waals surface area (Å²) < 4.78 is 9.71. The van der Waals surface area contributed by atoms with Gasteiger partial charge < -0.3 is 25.0 Å². The van der Waals surface area contributed by atoms with Crippen molar-refractivity contribution in [2.45, 2.75) is 13.5 Å². The Bertz CT molecular complexity index is 1140. The number of benzene rings is 3. The topological polar surface area (TPSA) is 97.0 Å². The van der Waals surface area contributed by atoms with Gasteiger partial charge in [0.25, 0.3) is 11.8 Å². The van der Waals surface area contributed by atoms with Gasteiger partial charge in [0, 0.05) is 43.1 Å². The number of nitrogens with one attached hydrogen (secondary N) is 2. The van der Waals surface area contributed by atoms with Gasteiger partial charge in [-0.3, -0.25) is 9.59 Å². The molecule has 0 fully saturated rings. The van der Waals surface area contributed by atoms with Gasteiger partial charge in [-0.1, -0.05) is 12.1 Å². The molecular weight excluding hydrogens is 434 g/mol. The number of nitrogens with zero attached hydrogens (tertiary/aromatic N) is 1. The summed E-state index contributed by atoms with van der Waals surface area (Å²) in [5, 5.41) is 5.72. The van der Waals surface area contributed by atoms with Crippen LogP contribution in [0.1, 0.15) is 33.2 Å². The highest BCUT2D eigenvalue weighted by molar-refractivity contribution is 6.04. The van der Waals surface area contributed by atoms with Crippen molar-refractivity contribution in [1.82, 2.24) is 5.32 Å². The van der Waals surface area contributed by atoms with E-state index in [-0.39, 0.29) is 24.2 Å². The highest BCUT2D eigenvalue weighted by Crippen LogP contribution is 2.17. The van der Waals surface area contributed by atoms with Crippen LogP contribution in [-0.2, 0) is 11.3 Å². The molecule has 0 atom stereocenters. The Kier molecular flexibility index (Phi) is 8.23. The van der Waals surface area contributed by atoms with Crippen LogP contribution in [0, 0.1) is 0 Å². The molecule has 0 saturated carbocycles. The van der Waals surface area contributed by atoms with Gasteiger partial charge in [-0.05, 0) is 73.2 Å². The SMILES string of the molecule is CCOC(=O)Oc1ccc(C(=O)Nc2cccc(CNC(=O)c3ccc(N(C)C)cc3)c2)cc1. The minimum atomic E-state index is -0.797. The smallest absolute Gasteiger partial charge is 0.434 e. The van der Waals surface area contributed by atoms with E-state index in [1.54, 1.807) is 49.4 Å². The molecule has 0 aliphatic rings. The van der Waals surface area contributed by atoms with Crippen LogP contribution >= 0.6 is 0 Å². The molecule has 0 heterocycles. The van der Waals surface area contributed by atoms with E-state index in [0.717, 1.165) is 11.3 Å². The van der Waals surface area contributed by atoms with Crippen LogP contribution in [0.5, 0.6) is 5.75 Å². The molecule has 0 bridgehead atoms. The molecule has 0 saturated heterocycles. The number of anilines is 2. The van der Waals surface area contributed by atoms with E-state index >= 15 is 0 Å². The predicted molar refractivity (Wildman–Crippen MR) is 130 cm³/mol. The third-order valence-corrected chi connectivity index (χ3v) is 4.86. The Balaban J connectivity index is 1.56. The van der Waals surface area contributed by atoms with Crippen molar-refractivity contribution >= 4 is 29.3 Å². The fraction of sp³-hybridized carbons (Fsp3) is 0.192. The predicted octanol–water partition coefficient (Wildman–Crippen LogP) is 4.47. The zero-order chi connectivity index (χ0) is 24.5. The van der Waals surface area contributed by atoms with Crippen LogP contribution < -0.4 is 20.3 Å². The first kappa shape index (κ1) is 24.3. The minimum Gasteiger partial charge on any atom is -0.434 e. The Labute approximate surface area is 198 Å². The zero-order valence-electron chi connectivity index (χ0n) is 19.3. The fourth-order valence-electron chi connectivity index (χ4n) is 3.08. The molecule has 0 aliphatic heterocycles. The average molecular weight is 462 g/mol. The maximum Gasteiger partial charge on any atom is 0.513 e. The monoisotopic (exact) mass is 461 g/mol. The molecular formula is C26H27N3O5. The summed E-state index contributed by atoms with van der Waals surface area (Å²) in [5.41, 5.74) is 3.43. The second-order valence-electron chi connectivity index (χ2n) is 7.59. The molecule has 3 rings (SSSR count). The van der Waals surface area contributed by atoms with Crippen molar-refractivity contribution < 1.29 is 23.9 Å². The number of ether oxygens (including phenoxy) is 2. The normalized spacial score (nSPS) is 10.2. The maximum atomic E-state index is 12.6. The fourth-order valence-corrected chi connectivity index (χ4v) is 3.08. The number of hydrogen-bond acceptors (Lipinski definition) is 6. The summed E-state index contributed by atoms with van der Waals surface area (Å²) in [4.78, 5) is 38.3. The van der Waals surface area contributed by atoms with Crippen molar-refractivity contribution in [3.63, 3.8) is 0 Å². The largest absolute Gasteiger partial charge is 0.513 e. The van der Waals surface area contributed by atoms with E-state index in [9.17, 15) is 14.4 Å². The maximum absolute atomic E-state index is 12.6. The first-order valence-electron chi connectivity index (χ1n) is 10.8. The van der Waals surface area contributed by atoms with E-state index in [2.05, 4.69) is 10.6 Å². The van der Waals surface area contributed by atoms with Crippen LogP contribution in [0.2, 0.25) is 0 Å². The molecule has 0 unspecified atom stereocenters.